The molecular formula is C16H14N2O3. The van der Waals surface area contributed by atoms with Gasteiger partial charge in [-0.15, -0.1) is 0 Å². The molecule has 2 aromatic rings. The van der Waals surface area contributed by atoms with Crippen LogP contribution in [0.2, 0.25) is 0 Å². The molecule has 1 atom stereocenters. The van der Waals surface area contributed by atoms with Gasteiger partial charge in [0.15, 0.2) is 5.76 Å². The number of imide groups is 1. The maximum Gasteiger partial charge on any atom is 0.234 e. The number of amides is 2. The van der Waals surface area contributed by atoms with Gasteiger partial charge in [0.2, 0.25) is 11.8 Å². The number of benzene rings is 1. The Hall–Kier alpha value is -2.58. The molecule has 1 aliphatic heterocycles. The lowest BCUT2D eigenvalue weighted by atomic mass is 9.88. The van der Waals surface area contributed by atoms with Crippen molar-refractivity contribution in [2.24, 2.45) is 5.73 Å². The summed E-state index contributed by atoms with van der Waals surface area (Å²) in [6.07, 6.45) is 0.864. The van der Waals surface area contributed by atoms with Crippen molar-refractivity contribution < 1.29 is 14.0 Å². The van der Waals surface area contributed by atoms with E-state index in [9.17, 15) is 9.59 Å². The number of hydrogen-bond donors (Lipinski definition) is 2. The molecule has 0 radical (unpaired) electrons. The summed E-state index contributed by atoms with van der Waals surface area (Å²) < 4.78 is 5.63. The first-order valence-electron chi connectivity index (χ1n) is 6.74. The second kappa shape index (κ2) is 5.43. The Morgan fingerprint density at radius 3 is 3.00 bits per heavy atom. The Morgan fingerprint density at radius 1 is 1.38 bits per heavy atom. The third-order valence-corrected chi connectivity index (χ3v) is 3.52. The highest BCUT2D eigenvalue weighted by molar-refractivity contribution is 6.02. The molecule has 1 fully saturated rings. The molecule has 0 saturated carbocycles. The van der Waals surface area contributed by atoms with Crippen molar-refractivity contribution in [3.8, 4) is 11.8 Å². The Bertz CT molecular complexity index is 780. The second-order valence-electron chi connectivity index (χ2n) is 4.88. The number of furan rings is 1. The predicted molar refractivity (Wildman–Crippen MR) is 77.3 cm³/mol. The summed E-state index contributed by atoms with van der Waals surface area (Å²) in [5, 5.41) is 3.24. The molecule has 5 heteroatoms. The average Bonchev–Trinajstić information content (AvgIpc) is 2.88. The van der Waals surface area contributed by atoms with Crippen LogP contribution in [-0.4, -0.2) is 18.4 Å². The lowest BCUT2D eigenvalue weighted by molar-refractivity contribution is -0.134. The largest absolute Gasteiger partial charge is 0.448 e. The Kier molecular flexibility index (Phi) is 3.46. The molecule has 5 nitrogen and oxygen atoms in total. The van der Waals surface area contributed by atoms with Crippen LogP contribution in [0.15, 0.2) is 28.7 Å². The Labute approximate surface area is 121 Å². The van der Waals surface area contributed by atoms with Crippen LogP contribution in [0, 0.1) is 11.8 Å². The van der Waals surface area contributed by atoms with E-state index in [4.69, 9.17) is 10.2 Å². The minimum Gasteiger partial charge on any atom is -0.448 e. The molecule has 2 amide bonds. The summed E-state index contributed by atoms with van der Waals surface area (Å²) in [5.41, 5.74) is 6.89. The van der Waals surface area contributed by atoms with Crippen molar-refractivity contribution in [2.75, 3.05) is 6.54 Å². The van der Waals surface area contributed by atoms with Crippen LogP contribution in [0.25, 0.3) is 11.0 Å². The SMILES string of the molecule is NCC#Cc1cc2c([C@@H]3CCC(=O)NC3=O)cccc2o1. The smallest absolute Gasteiger partial charge is 0.234 e. The van der Waals surface area contributed by atoms with Gasteiger partial charge in [0.05, 0.1) is 12.5 Å². The van der Waals surface area contributed by atoms with Gasteiger partial charge in [0.1, 0.15) is 5.58 Å². The fourth-order valence-electron chi connectivity index (χ4n) is 2.58. The highest BCUT2D eigenvalue weighted by Gasteiger charge is 2.29. The number of hydrogen-bond acceptors (Lipinski definition) is 4. The van der Waals surface area contributed by atoms with Crippen LogP contribution in [0.4, 0.5) is 0 Å². The molecule has 3 rings (SSSR count). The van der Waals surface area contributed by atoms with E-state index in [-0.39, 0.29) is 24.3 Å². The zero-order valence-corrected chi connectivity index (χ0v) is 11.3. The molecule has 1 aromatic heterocycles. The zero-order valence-electron chi connectivity index (χ0n) is 11.3. The number of fused-ring (bicyclic) bond motifs is 1. The first-order valence-corrected chi connectivity index (χ1v) is 6.74. The highest BCUT2D eigenvalue weighted by atomic mass is 16.3. The average molecular weight is 282 g/mol. The van der Waals surface area contributed by atoms with Crippen LogP contribution < -0.4 is 11.1 Å². The van der Waals surface area contributed by atoms with Gasteiger partial charge in [0, 0.05) is 17.9 Å². The van der Waals surface area contributed by atoms with Crippen LogP contribution in [-0.2, 0) is 9.59 Å². The zero-order chi connectivity index (χ0) is 14.8. The van der Waals surface area contributed by atoms with Crippen molar-refractivity contribution in [3.05, 3.63) is 35.6 Å². The van der Waals surface area contributed by atoms with Gasteiger partial charge in [-0.25, -0.2) is 0 Å². The van der Waals surface area contributed by atoms with Crippen LogP contribution in [0.5, 0.6) is 0 Å². The normalized spacial score (nSPS) is 18.2. The van der Waals surface area contributed by atoms with E-state index in [1.54, 1.807) is 0 Å². The van der Waals surface area contributed by atoms with Gasteiger partial charge < -0.3 is 10.2 Å². The Balaban J connectivity index is 2.04. The third-order valence-electron chi connectivity index (χ3n) is 3.52. The van der Waals surface area contributed by atoms with Crippen LogP contribution in [0.3, 0.4) is 0 Å². The minimum atomic E-state index is -0.334. The summed E-state index contributed by atoms with van der Waals surface area (Å²) in [5.74, 6) is 5.30. The predicted octanol–water partition coefficient (Wildman–Crippen LogP) is 1.26. The van der Waals surface area contributed by atoms with Gasteiger partial charge in [-0.3, -0.25) is 14.9 Å². The van der Waals surface area contributed by atoms with Gasteiger partial charge in [0.25, 0.3) is 0 Å². The molecule has 106 valence electrons. The molecule has 2 heterocycles. The summed E-state index contributed by atoms with van der Waals surface area (Å²) in [6, 6.07) is 7.37. The molecule has 1 aliphatic rings. The molecule has 0 spiro atoms. The second-order valence-corrected chi connectivity index (χ2v) is 4.88. The summed E-state index contributed by atoms with van der Waals surface area (Å²) in [7, 11) is 0. The molecule has 1 saturated heterocycles. The van der Waals surface area contributed by atoms with Crippen LogP contribution >= 0.6 is 0 Å². The van der Waals surface area contributed by atoms with Gasteiger partial charge >= 0.3 is 0 Å². The number of carbonyl (C=O) groups excluding carboxylic acids is 2. The molecule has 0 unspecified atom stereocenters. The van der Waals surface area contributed by atoms with E-state index >= 15 is 0 Å². The summed E-state index contributed by atoms with van der Waals surface area (Å²) in [4.78, 5) is 23.3. The summed E-state index contributed by atoms with van der Waals surface area (Å²) >= 11 is 0. The van der Waals surface area contributed by atoms with E-state index in [1.807, 2.05) is 24.3 Å². The first-order chi connectivity index (χ1) is 10.2. The van der Waals surface area contributed by atoms with E-state index in [0.29, 0.717) is 24.2 Å². The molecular weight excluding hydrogens is 268 g/mol. The molecule has 3 N–H and O–H groups in total. The van der Waals surface area contributed by atoms with Crippen molar-refractivity contribution in [2.45, 2.75) is 18.8 Å². The molecule has 1 aromatic carbocycles. The number of nitrogens with two attached hydrogens (primary N) is 1. The molecule has 0 aliphatic carbocycles. The highest BCUT2D eigenvalue weighted by Crippen LogP contribution is 2.32. The van der Waals surface area contributed by atoms with Gasteiger partial charge in [-0.1, -0.05) is 18.1 Å². The third kappa shape index (κ3) is 2.54. The van der Waals surface area contributed by atoms with Crippen molar-refractivity contribution >= 4 is 22.8 Å². The van der Waals surface area contributed by atoms with Gasteiger partial charge in [-0.05, 0) is 24.0 Å². The first kappa shape index (κ1) is 13.4. The van der Waals surface area contributed by atoms with Gasteiger partial charge in [-0.2, -0.15) is 0 Å². The quantitative estimate of drug-likeness (QED) is 0.609. The monoisotopic (exact) mass is 282 g/mol. The topological polar surface area (TPSA) is 85.3 Å². The van der Waals surface area contributed by atoms with Crippen molar-refractivity contribution in [1.29, 1.82) is 0 Å². The lowest BCUT2D eigenvalue weighted by Gasteiger charge is -2.21. The standard InChI is InChI=1S/C16H14N2O3/c17-8-2-3-10-9-13-11(4-1-5-14(13)21-10)12-6-7-15(19)18-16(12)20/h1,4-5,9,12H,6-8,17H2,(H,18,19,20)/t12-/m0/s1. The maximum absolute atomic E-state index is 12.0. The number of piperidine rings is 1. The fourth-order valence-corrected chi connectivity index (χ4v) is 2.58. The molecule has 0 bridgehead atoms. The number of nitrogens with one attached hydrogen (secondary N) is 1. The maximum atomic E-state index is 12.0. The number of rotatable bonds is 1. The van der Waals surface area contributed by atoms with Crippen LogP contribution in [0.1, 0.15) is 30.1 Å². The van der Waals surface area contributed by atoms with E-state index in [1.165, 1.54) is 0 Å². The Morgan fingerprint density at radius 2 is 2.24 bits per heavy atom. The van der Waals surface area contributed by atoms with E-state index in [0.717, 1.165) is 10.9 Å². The summed E-state index contributed by atoms with van der Waals surface area (Å²) in [6.45, 7) is 0.261. The lowest BCUT2D eigenvalue weighted by Crippen LogP contribution is -2.39. The number of carbonyl (C=O) groups is 2. The molecule has 21 heavy (non-hydrogen) atoms. The minimum absolute atomic E-state index is 0.217. The van der Waals surface area contributed by atoms with Crippen molar-refractivity contribution in [3.63, 3.8) is 0 Å². The fraction of sp³-hybridized carbons (Fsp3) is 0.250. The van der Waals surface area contributed by atoms with E-state index < -0.39 is 0 Å². The van der Waals surface area contributed by atoms with Crippen molar-refractivity contribution in [1.82, 2.24) is 5.32 Å². The van der Waals surface area contributed by atoms with E-state index in [2.05, 4.69) is 17.2 Å².